The van der Waals surface area contributed by atoms with Gasteiger partial charge in [0.1, 0.15) is 0 Å². The number of likely N-dealkylation sites (N-methyl/N-ethyl adjacent to an activating group) is 1. The summed E-state index contributed by atoms with van der Waals surface area (Å²) in [6, 6.07) is 0.785. The fourth-order valence-electron chi connectivity index (χ4n) is 1.06. The number of hydrogen-bond acceptors (Lipinski definition) is 5. The number of nitrogens with zero attached hydrogens (tertiary/aromatic N) is 1. The van der Waals surface area contributed by atoms with E-state index in [1.54, 1.807) is 11.2 Å². The smallest absolute Gasteiger partial charge is 0.0398 e. The number of hydrazine groups is 1. The van der Waals surface area contributed by atoms with Crippen molar-refractivity contribution in [1.29, 1.82) is 0 Å². The molecular formula is C10H25N5. The molecule has 0 aromatic rings. The lowest BCUT2D eigenvalue weighted by atomic mass is 10.2. The van der Waals surface area contributed by atoms with Crippen molar-refractivity contribution in [1.82, 2.24) is 15.6 Å². The highest BCUT2D eigenvalue weighted by atomic mass is 15.4. The fraction of sp³-hybridized carbons (Fsp3) is 0.800. The average Bonchev–Trinajstić information content (AvgIpc) is 2.24. The minimum absolute atomic E-state index is 0.370. The van der Waals surface area contributed by atoms with Crippen molar-refractivity contribution in [3.8, 4) is 0 Å². The van der Waals surface area contributed by atoms with Crippen LogP contribution in [0.1, 0.15) is 20.8 Å². The topological polar surface area (TPSA) is 79.3 Å². The van der Waals surface area contributed by atoms with Crippen molar-refractivity contribution in [3.05, 3.63) is 11.9 Å². The van der Waals surface area contributed by atoms with E-state index < -0.39 is 0 Å². The van der Waals surface area contributed by atoms with Gasteiger partial charge in [0.2, 0.25) is 0 Å². The molecule has 0 aliphatic carbocycles. The number of hydrogen-bond donors (Lipinski definition) is 4. The maximum absolute atomic E-state index is 5.80. The first-order valence-corrected chi connectivity index (χ1v) is 5.39. The van der Waals surface area contributed by atoms with Crippen molar-refractivity contribution in [2.24, 2.45) is 11.6 Å². The van der Waals surface area contributed by atoms with E-state index in [1.165, 1.54) is 0 Å². The van der Waals surface area contributed by atoms with E-state index in [0.717, 1.165) is 12.2 Å². The van der Waals surface area contributed by atoms with Crippen molar-refractivity contribution >= 4 is 0 Å². The van der Waals surface area contributed by atoms with Crippen LogP contribution in [-0.2, 0) is 0 Å². The lowest BCUT2D eigenvalue weighted by Gasteiger charge is -2.21. The standard InChI is InChI=1S/C10H25N5/c1-5-15(12)7-10(11)6-14-9(3)8(2)13-4/h7-9,13-14H,5-6,11-12H2,1-4H3/b10-7-. The average molecular weight is 215 g/mol. The molecule has 0 spiro atoms. The third-order valence-corrected chi connectivity index (χ3v) is 2.53. The SMILES string of the molecule is CCN(N)/C=C(\N)CNC(C)C(C)NC. The maximum atomic E-state index is 5.80. The number of nitrogens with one attached hydrogen (secondary N) is 2. The lowest BCUT2D eigenvalue weighted by Crippen LogP contribution is -2.44. The fourth-order valence-corrected chi connectivity index (χ4v) is 1.06. The molecule has 0 bridgehead atoms. The first-order valence-electron chi connectivity index (χ1n) is 5.39. The molecule has 0 aliphatic rings. The molecule has 0 rings (SSSR count). The molecule has 6 N–H and O–H groups in total. The van der Waals surface area contributed by atoms with Gasteiger partial charge >= 0.3 is 0 Å². The van der Waals surface area contributed by atoms with Gasteiger partial charge in [0, 0.05) is 37.1 Å². The van der Waals surface area contributed by atoms with E-state index in [-0.39, 0.29) is 0 Å². The van der Waals surface area contributed by atoms with Gasteiger partial charge in [-0.1, -0.05) is 0 Å². The highest BCUT2D eigenvalue weighted by molar-refractivity contribution is 4.98. The summed E-state index contributed by atoms with van der Waals surface area (Å²) in [7, 11) is 1.95. The zero-order valence-corrected chi connectivity index (χ0v) is 10.2. The van der Waals surface area contributed by atoms with Gasteiger partial charge in [-0.15, -0.1) is 0 Å². The predicted octanol–water partition coefficient (Wildman–Crippen LogP) is -0.432. The monoisotopic (exact) mass is 215 g/mol. The Morgan fingerprint density at radius 2 is 2.00 bits per heavy atom. The van der Waals surface area contributed by atoms with Gasteiger partial charge in [0.25, 0.3) is 0 Å². The molecule has 0 aromatic heterocycles. The highest BCUT2D eigenvalue weighted by Crippen LogP contribution is 1.92. The van der Waals surface area contributed by atoms with Crippen LogP contribution in [0.2, 0.25) is 0 Å². The van der Waals surface area contributed by atoms with Gasteiger partial charge < -0.3 is 21.4 Å². The molecule has 0 aliphatic heterocycles. The van der Waals surface area contributed by atoms with Crippen molar-refractivity contribution < 1.29 is 0 Å². The molecule has 90 valence electrons. The molecule has 2 atom stereocenters. The summed E-state index contributed by atoms with van der Waals surface area (Å²) < 4.78 is 0. The van der Waals surface area contributed by atoms with Crippen molar-refractivity contribution in [2.45, 2.75) is 32.9 Å². The largest absolute Gasteiger partial charge is 0.400 e. The minimum atomic E-state index is 0.370. The second kappa shape index (κ2) is 7.50. The van der Waals surface area contributed by atoms with Gasteiger partial charge in [-0.2, -0.15) is 0 Å². The first-order chi connectivity index (χ1) is 7.01. The van der Waals surface area contributed by atoms with E-state index in [0.29, 0.717) is 18.6 Å². The summed E-state index contributed by atoms with van der Waals surface area (Å²) in [5, 5.41) is 8.08. The van der Waals surface area contributed by atoms with Gasteiger partial charge in [0.05, 0.1) is 0 Å². The molecule has 5 nitrogen and oxygen atoms in total. The van der Waals surface area contributed by atoms with Crippen LogP contribution in [0.15, 0.2) is 11.9 Å². The Hall–Kier alpha value is -0.780. The van der Waals surface area contributed by atoms with Crippen molar-refractivity contribution in [3.63, 3.8) is 0 Å². The molecule has 0 amide bonds. The summed E-state index contributed by atoms with van der Waals surface area (Å²) >= 11 is 0. The van der Waals surface area contributed by atoms with Gasteiger partial charge in [-0.25, -0.2) is 5.84 Å². The second-order valence-electron chi connectivity index (χ2n) is 3.78. The van der Waals surface area contributed by atoms with Crippen LogP contribution >= 0.6 is 0 Å². The van der Waals surface area contributed by atoms with E-state index in [2.05, 4.69) is 24.5 Å². The number of nitrogens with two attached hydrogens (primary N) is 2. The third-order valence-electron chi connectivity index (χ3n) is 2.53. The van der Waals surface area contributed by atoms with Crippen LogP contribution in [0, 0.1) is 0 Å². The van der Waals surface area contributed by atoms with Crippen LogP contribution in [0.3, 0.4) is 0 Å². The molecule has 0 saturated heterocycles. The second-order valence-corrected chi connectivity index (χ2v) is 3.78. The molecular weight excluding hydrogens is 190 g/mol. The Morgan fingerprint density at radius 1 is 1.40 bits per heavy atom. The van der Waals surface area contributed by atoms with Crippen LogP contribution < -0.4 is 22.2 Å². The van der Waals surface area contributed by atoms with E-state index in [9.17, 15) is 0 Å². The molecule has 0 aromatic carbocycles. The zero-order valence-electron chi connectivity index (χ0n) is 10.2. The predicted molar refractivity (Wildman–Crippen MR) is 64.8 cm³/mol. The van der Waals surface area contributed by atoms with Crippen LogP contribution in [0.5, 0.6) is 0 Å². The van der Waals surface area contributed by atoms with Crippen LogP contribution in [-0.4, -0.2) is 37.2 Å². The van der Waals surface area contributed by atoms with Crippen molar-refractivity contribution in [2.75, 3.05) is 20.1 Å². The van der Waals surface area contributed by atoms with E-state index >= 15 is 0 Å². The summed E-state index contributed by atoms with van der Waals surface area (Å²) in [6.07, 6.45) is 1.75. The minimum Gasteiger partial charge on any atom is -0.400 e. The highest BCUT2D eigenvalue weighted by Gasteiger charge is 2.08. The molecule has 0 heterocycles. The Morgan fingerprint density at radius 3 is 2.47 bits per heavy atom. The molecule has 15 heavy (non-hydrogen) atoms. The Bertz CT molecular complexity index is 192. The first kappa shape index (κ1) is 14.2. The molecule has 5 heteroatoms. The lowest BCUT2D eigenvalue weighted by molar-refractivity contribution is 0.406. The third kappa shape index (κ3) is 6.33. The normalized spacial score (nSPS) is 16.2. The summed E-state index contributed by atoms with van der Waals surface area (Å²) in [5.74, 6) is 5.60. The zero-order chi connectivity index (χ0) is 11.8. The molecule has 0 fully saturated rings. The molecule has 0 radical (unpaired) electrons. The van der Waals surface area contributed by atoms with Gasteiger partial charge in [0.15, 0.2) is 0 Å². The maximum Gasteiger partial charge on any atom is 0.0398 e. The Kier molecular flexibility index (Phi) is 7.11. The van der Waals surface area contributed by atoms with Gasteiger partial charge in [-0.05, 0) is 27.8 Å². The summed E-state index contributed by atoms with van der Waals surface area (Å²) in [6.45, 7) is 7.63. The molecule has 2 unspecified atom stereocenters. The van der Waals surface area contributed by atoms with Crippen LogP contribution in [0.25, 0.3) is 0 Å². The van der Waals surface area contributed by atoms with E-state index in [1.807, 2.05) is 14.0 Å². The summed E-state index contributed by atoms with van der Waals surface area (Å²) in [4.78, 5) is 0. The summed E-state index contributed by atoms with van der Waals surface area (Å²) in [5.41, 5.74) is 6.54. The molecule has 0 saturated carbocycles. The van der Waals surface area contributed by atoms with Gasteiger partial charge in [-0.3, -0.25) is 0 Å². The Labute approximate surface area is 92.8 Å². The number of rotatable bonds is 7. The van der Waals surface area contributed by atoms with E-state index in [4.69, 9.17) is 11.6 Å². The van der Waals surface area contributed by atoms with Crippen LogP contribution in [0.4, 0.5) is 0 Å². The Balaban J connectivity index is 3.89. The quantitative estimate of drug-likeness (QED) is 0.342.